The number of carbonyl (C=O) groups excluding carboxylic acids is 2. The number of hydrogen-bond donors (Lipinski definition) is 4. The van der Waals surface area contributed by atoms with Gasteiger partial charge in [-0.2, -0.15) is 0 Å². The van der Waals surface area contributed by atoms with Crippen LogP contribution in [-0.2, 0) is 6.54 Å². The van der Waals surface area contributed by atoms with Gasteiger partial charge in [-0.15, -0.1) is 0 Å². The maximum atomic E-state index is 11.8. The highest BCUT2D eigenvalue weighted by molar-refractivity contribution is 5.98. The second kappa shape index (κ2) is 8.79. The van der Waals surface area contributed by atoms with Gasteiger partial charge in [-0.05, 0) is 30.7 Å². The van der Waals surface area contributed by atoms with Gasteiger partial charge in [0.1, 0.15) is 12.1 Å². The van der Waals surface area contributed by atoms with Gasteiger partial charge in [-0.3, -0.25) is 9.59 Å². The highest BCUT2D eigenvalue weighted by atomic mass is 16.1. The summed E-state index contributed by atoms with van der Waals surface area (Å²) in [4.78, 5) is 35.8. The van der Waals surface area contributed by atoms with Crippen molar-refractivity contribution in [3.8, 4) is 0 Å². The number of aromatic nitrogens is 3. The number of amides is 2. The van der Waals surface area contributed by atoms with Crippen molar-refractivity contribution in [3.63, 3.8) is 0 Å². The average Bonchev–Trinajstić information content (AvgIpc) is 2.72. The van der Waals surface area contributed by atoms with Gasteiger partial charge in [0.15, 0.2) is 0 Å². The lowest BCUT2D eigenvalue weighted by atomic mass is 10.1. The zero-order chi connectivity index (χ0) is 20.8. The molecule has 0 radical (unpaired) electrons. The van der Waals surface area contributed by atoms with Crippen molar-refractivity contribution in [2.75, 3.05) is 17.7 Å². The zero-order valence-electron chi connectivity index (χ0n) is 16.1. The predicted octanol–water partition coefficient (Wildman–Crippen LogP) is 1.99. The second-order valence-electron chi connectivity index (χ2n) is 6.31. The first-order chi connectivity index (χ1) is 14.0. The van der Waals surface area contributed by atoms with Gasteiger partial charge in [-0.1, -0.05) is 0 Å². The molecule has 0 unspecified atom stereocenters. The Morgan fingerprint density at radius 1 is 1.07 bits per heavy atom. The normalized spacial score (nSPS) is 10.3. The van der Waals surface area contributed by atoms with E-state index in [1.807, 2.05) is 13.0 Å². The fraction of sp³-hybridized carbons (Fsp3) is 0.150. The van der Waals surface area contributed by atoms with Crippen molar-refractivity contribution in [1.82, 2.24) is 20.3 Å². The molecule has 0 aliphatic carbocycles. The monoisotopic (exact) mass is 391 g/mol. The molecular formula is C20H21N7O2. The van der Waals surface area contributed by atoms with Gasteiger partial charge < -0.3 is 21.7 Å². The highest BCUT2D eigenvalue weighted by Crippen LogP contribution is 2.23. The molecule has 5 N–H and O–H groups in total. The van der Waals surface area contributed by atoms with Crippen LogP contribution in [0.25, 0.3) is 0 Å². The average molecular weight is 391 g/mol. The number of anilines is 3. The number of hydrogen-bond acceptors (Lipinski definition) is 7. The largest absolute Gasteiger partial charge is 0.380 e. The molecule has 2 heterocycles. The summed E-state index contributed by atoms with van der Waals surface area (Å²) in [6.07, 6.45) is 6.23. The van der Waals surface area contributed by atoms with Gasteiger partial charge in [0.2, 0.25) is 0 Å². The Labute approximate surface area is 167 Å². The molecule has 0 saturated heterocycles. The summed E-state index contributed by atoms with van der Waals surface area (Å²) in [7, 11) is 1.59. The van der Waals surface area contributed by atoms with Crippen molar-refractivity contribution in [2.24, 2.45) is 5.73 Å². The summed E-state index contributed by atoms with van der Waals surface area (Å²) < 4.78 is 0. The molecule has 0 atom stereocenters. The number of nitrogens with two attached hydrogens (primary N) is 1. The Morgan fingerprint density at radius 3 is 2.48 bits per heavy atom. The van der Waals surface area contributed by atoms with E-state index in [0.29, 0.717) is 23.6 Å². The van der Waals surface area contributed by atoms with Crippen molar-refractivity contribution in [1.29, 1.82) is 0 Å². The topological polar surface area (TPSA) is 135 Å². The van der Waals surface area contributed by atoms with Crippen LogP contribution < -0.4 is 21.7 Å². The lowest BCUT2D eigenvalue weighted by Crippen LogP contribution is -2.18. The first-order valence-electron chi connectivity index (χ1n) is 8.85. The van der Waals surface area contributed by atoms with E-state index in [4.69, 9.17) is 5.73 Å². The molecule has 0 spiro atoms. The Hall–Kier alpha value is -4.01. The van der Waals surface area contributed by atoms with Crippen LogP contribution in [-0.4, -0.2) is 33.8 Å². The first kappa shape index (κ1) is 19.7. The number of primary amides is 1. The molecule has 0 bridgehead atoms. The fourth-order valence-corrected chi connectivity index (χ4v) is 2.76. The van der Waals surface area contributed by atoms with Gasteiger partial charge in [0.25, 0.3) is 11.8 Å². The Kier molecular flexibility index (Phi) is 5.98. The molecule has 29 heavy (non-hydrogen) atoms. The Balaban J connectivity index is 1.82. The van der Waals surface area contributed by atoms with Gasteiger partial charge in [-0.25, -0.2) is 15.0 Å². The molecule has 9 nitrogen and oxygen atoms in total. The number of rotatable bonds is 7. The van der Waals surface area contributed by atoms with E-state index in [1.165, 1.54) is 12.5 Å². The van der Waals surface area contributed by atoms with Crippen LogP contribution in [0, 0.1) is 6.92 Å². The van der Waals surface area contributed by atoms with E-state index in [0.717, 1.165) is 16.8 Å². The third-order valence-corrected chi connectivity index (χ3v) is 4.24. The molecule has 9 heteroatoms. The number of nitrogens with zero attached hydrogens (tertiary/aromatic N) is 3. The molecule has 148 valence electrons. The molecule has 0 aliphatic heterocycles. The third-order valence-electron chi connectivity index (χ3n) is 4.24. The zero-order valence-corrected chi connectivity index (χ0v) is 16.1. The third kappa shape index (κ3) is 4.83. The Bertz CT molecular complexity index is 1040. The lowest BCUT2D eigenvalue weighted by Gasteiger charge is -2.13. The molecule has 2 aromatic heterocycles. The number of benzene rings is 1. The van der Waals surface area contributed by atoms with Gasteiger partial charge >= 0.3 is 0 Å². The van der Waals surface area contributed by atoms with E-state index < -0.39 is 5.91 Å². The number of carbonyl (C=O) groups is 2. The quantitative estimate of drug-likeness (QED) is 0.484. The number of aryl methyl sites for hydroxylation is 1. The van der Waals surface area contributed by atoms with Gasteiger partial charge in [0, 0.05) is 55.1 Å². The molecule has 3 aromatic rings. The van der Waals surface area contributed by atoms with E-state index in [2.05, 4.69) is 30.9 Å². The standard InChI is InChI=1S/C20H21N7O2/c1-12-5-14(3-4-15(12)20(29)22-2)27-18-6-17(16(10-26-18)19(21)28)25-9-13-7-23-11-24-8-13/h3-8,10-11H,9H2,1-2H3,(H2,21,28)(H,22,29)(H2,25,26,27). The molecule has 0 saturated carbocycles. The summed E-state index contributed by atoms with van der Waals surface area (Å²) in [5.74, 6) is -0.204. The summed E-state index contributed by atoms with van der Waals surface area (Å²) in [6.45, 7) is 2.28. The molecule has 3 rings (SSSR count). The second-order valence-corrected chi connectivity index (χ2v) is 6.31. The first-order valence-corrected chi connectivity index (χ1v) is 8.85. The fourth-order valence-electron chi connectivity index (χ4n) is 2.76. The summed E-state index contributed by atoms with van der Waals surface area (Å²) in [6, 6.07) is 7.08. The SMILES string of the molecule is CNC(=O)c1ccc(Nc2cc(NCc3cncnc3)c(C(N)=O)cn2)cc1C. The predicted molar refractivity (Wildman–Crippen MR) is 110 cm³/mol. The Morgan fingerprint density at radius 2 is 1.83 bits per heavy atom. The molecule has 0 fully saturated rings. The van der Waals surface area contributed by atoms with Crippen LogP contribution in [0.2, 0.25) is 0 Å². The van der Waals surface area contributed by atoms with Crippen LogP contribution in [0.5, 0.6) is 0 Å². The maximum Gasteiger partial charge on any atom is 0.252 e. The maximum absolute atomic E-state index is 11.8. The lowest BCUT2D eigenvalue weighted by molar-refractivity contribution is 0.0961. The van der Waals surface area contributed by atoms with Crippen molar-refractivity contribution in [2.45, 2.75) is 13.5 Å². The number of nitrogens with one attached hydrogen (secondary N) is 3. The van der Waals surface area contributed by atoms with Crippen LogP contribution in [0.1, 0.15) is 31.8 Å². The van der Waals surface area contributed by atoms with Crippen LogP contribution in [0.15, 0.2) is 49.2 Å². The van der Waals surface area contributed by atoms with E-state index in [1.54, 1.807) is 37.6 Å². The van der Waals surface area contributed by atoms with Crippen molar-refractivity contribution in [3.05, 3.63) is 71.4 Å². The minimum absolute atomic E-state index is 0.144. The molecule has 0 aliphatic rings. The van der Waals surface area contributed by atoms with Crippen LogP contribution >= 0.6 is 0 Å². The van der Waals surface area contributed by atoms with E-state index in [9.17, 15) is 9.59 Å². The molecule has 2 amide bonds. The van der Waals surface area contributed by atoms with Crippen molar-refractivity contribution >= 4 is 29.0 Å². The van der Waals surface area contributed by atoms with Crippen LogP contribution in [0.3, 0.4) is 0 Å². The minimum atomic E-state index is -0.582. The minimum Gasteiger partial charge on any atom is -0.380 e. The summed E-state index contributed by atoms with van der Waals surface area (Å²) in [5.41, 5.74) is 9.32. The molecular weight excluding hydrogens is 370 g/mol. The highest BCUT2D eigenvalue weighted by Gasteiger charge is 2.12. The smallest absolute Gasteiger partial charge is 0.252 e. The van der Waals surface area contributed by atoms with Gasteiger partial charge in [0.05, 0.1) is 11.3 Å². The summed E-state index contributed by atoms with van der Waals surface area (Å²) in [5, 5.41) is 8.95. The number of pyridine rings is 1. The van der Waals surface area contributed by atoms with E-state index >= 15 is 0 Å². The summed E-state index contributed by atoms with van der Waals surface area (Å²) >= 11 is 0. The van der Waals surface area contributed by atoms with Crippen LogP contribution in [0.4, 0.5) is 17.2 Å². The molecule has 1 aromatic carbocycles. The van der Waals surface area contributed by atoms with E-state index in [-0.39, 0.29) is 11.5 Å². The van der Waals surface area contributed by atoms with Crippen molar-refractivity contribution < 1.29 is 9.59 Å².